The molecule has 0 bridgehead atoms. The molecule has 2 aromatic rings. The largest absolute Gasteiger partial charge is 0.307 e. The summed E-state index contributed by atoms with van der Waals surface area (Å²) >= 11 is 0. The number of benzene rings is 1. The number of amides is 1. The van der Waals surface area contributed by atoms with Crippen LogP contribution >= 0.6 is 0 Å². The van der Waals surface area contributed by atoms with Crippen molar-refractivity contribution in [3.63, 3.8) is 0 Å². The zero-order valence-electron chi connectivity index (χ0n) is 10.2. The molecule has 0 spiro atoms. The van der Waals surface area contributed by atoms with E-state index in [1.807, 2.05) is 13.0 Å². The van der Waals surface area contributed by atoms with Gasteiger partial charge in [0.05, 0.1) is 0 Å². The third-order valence-corrected chi connectivity index (χ3v) is 2.56. The Balaban J connectivity index is 2.19. The lowest BCUT2D eigenvalue weighted by molar-refractivity contribution is 0.102. The number of carbonyl (C=O) groups is 1. The van der Waals surface area contributed by atoms with Gasteiger partial charge in [0.2, 0.25) is 0 Å². The molecule has 0 aliphatic carbocycles. The second-order valence-corrected chi connectivity index (χ2v) is 4.08. The smallest absolute Gasteiger partial charge is 0.256 e. The monoisotopic (exact) mass is 244 g/mol. The third-order valence-electron chi connectivity index (χ3n) is 2.56. The highest BCUT2D eigenvalue weighted by molar-refractivity contribution is 6.03. The van der Waals surface area contributed by atoms with E-state index in [1.54, 1.807) is 31.2 Å². The number of nitrogens with zero attached hydrogens (tertiary/aromatic N) is 1. The van der Waals surface area contributed by atoms with E-state index in [4.69, 9.17) is 0 Å². The number of halogens is 1. The van der Waals surface area contributed by atoms with Gasteiger partial charge >= 0.3 is 0 Å². The first-order valence-corrected chi connectivity index (χ1v) is 5.57. The Morgan fingerprint density at radius 2 is 2.00 bits per heavy atom. The van der Waals surface area contributed by atoms with Crippen molar-refractivity contribution in [2.45, 2.75) is 13.8 Å². The molecule has 18 heavy (non-hydrogen) atoms. The van der Waals surface area contributed by atoms with E-state index in [2.05, 4.69) is 10.3 Å². The van der Waals surface area contributed by atoms with Gasteiger partial charge in [-0.1, -0.05) is 12.1 Å². The molecule has 1 N–H and O–H groups in total. The van der Waals surface area contributed by atoms with E-state index >= 15 is 0 Å². The summed E-state index contributed by atoms with van der Waals surface area (Å²) in [7, 11) is 0. The number of hydrogen-bond acceptors (Lipinski definition) is 2. The second kappa shape index (κ2) is 4.96. The zero-order valence-corrected chi connectivity index (χ0v) is 10.2. The lowest BCUT2D eigenvalue weighted by Crippen LogP contribution is -2.13. The fourth-order valence-electron chi connectivity index (χ4n) is 1.54. The van der Waals surface area contributed by atoms with Gasteiger partial charge in [0.25, 0.3) is 5.91 Å². The van der Waals surface area contributed by atoms with Crippen LogP contribution in [0.15, 0.2) is 36.4 Å². The zero-order chi connectivity index (χ0) is 13.1. The minimum absolute atomic E-state index is 0.279. The van der Waals surface area contributed by atoms with Crippen LogP contribution in [-0.4, -0.2) is 10.9 Å². The molecule has 3 nitrogen and oxygen atoms in total. The highest BCUT2D eigenvalue weighted by Crippen LogP contribution is 2.11. The minimum Gasteiger partial charge on any atom is -0.307 e. The molecule has 0 aliphatic heterocycles. The van der Waals surface area contributed by atoms with Crippen LogP contribution < -0.4 is 5.32 Å². The molecule has 0 fully saturated rings. The van der Waals surface area contributed by atoms with Gasteiger partial charge in [-0.25, -0.2) is 9.37 Å². The van der Waals surface area contributed by atoms with E-state index in [9.17, 15) is 9.18 Å². The number of hydrogen-bond donors (Lipinski definition) is 1. The molecule has 1 heterocycles. The maximum Gasteiger partial charge on any atom is 0.256 e. The van der Waals surface area contributed by atoms with Crippen LogP contribution in [0.25, 0.3) is 0 Å². The topological polar surface area (TPSA) is 42.0 Å². The first-order valence-electron chi connectivity index (χ1n) is 5.57. The van der Waals surface area contributed by atoms with Gasteiger partial charge in [-0.2, -0.15) is 0 Å². The van der Waals surface area contributed by atoms with Crippen LogP contribution in [0.2, 0.25) is 0 Å². The predicted octanol–water partition coefficient (Wildman–Crippen LogP) is 3.09. The van der Waals surface area contributed by atoms with Gasteiger partial charge in [0, 0.05) is 11.3 Å². The highest BCUT2D eigenvalue weighted by Gasteiger charge is 2.08. The first-order chi connectivity index (χ1) is 8.56. The number of aryl methyl sites for hydroxylation is 2. The van der Waals surface area contributed by atoms with Crippen molar-refractivity contribution in [2.75, 3.05) is 5.32 Å². The Morgan fingerprint density at radius 3 is 2.67 bits per heavy atom. The maximum atomic E-state index is 13.3. The van der Waals surface area contributed by atoms with Crippen molar-refractivity contribution in [3.05, 3.63) is 59.0 Å². The van der Waals surface area contributed by atoms with Gasteiger partial charge in [-0.15, -0.1) is 0 Å². The van der Waals surface area contributed by atoms with Crippen molar-refractivity contribution < 1.29 is 9.18 Å². The standard InChI is InChI=1S/C14H13FN2O/c1-9-6-7-11(8-12(9)15)14(18)17-13-5-3-4-10(2)16-13/h3-8H,1-2H3,(H,16,17,18). The summed E-state index contributed by atoms with van der Waals surface area (Å²) in [6, 6.07) is 9.71. The van der Waals surface area contributed by atoms with Crippen LogP contribution in [0.3, 0.4) is 0 Å². The molecule has 4 heteroatoms. The number of carbonyl (C=O) groups excluding carboxylic acids is 1. The molecule has 0 saturated carbocycles. The Hall–Kier alpha value is -2.23. The molecule has 92 valence electrons. The minimum atomic E-state index is -0.389. The van der Waals surface area contributed by atoms with Gasteiger partial charge in [0.15, 0.2) is 0 Å². The Labute approximate surface area is 105 Å². The van der Waals surface area contributed by atoms with Crippen molar-refractivity contribution >= 4 is 11.7 Å². The fraction of sp³-hybridized carbons (Fsp3) is 0.143. The average Bonchev–Trinajstić information content (AvgIpc) is 2.32. The average molecular weight is 244 g/mol. The second-order valence-electron chi connectivity index (χ2n) is 4.08. The molecule has 1 aromatic heterocycles. The lowest BCUT2D eigenvalue weighted by atomic mass is 10.1. The van der Waals surface area contributed by atoms with E-state index in [1.165, 1.54) is 6.07 Å². The summed E-state index contributed by atoms with van der Waals surface area (Å²) < 4.78 is 13.3. The van der Waals surface area contributed by atoms with Gasteiger partial charge in [0.1, 0.15) is 11.6 Å². The van der Waals surface area contributed by atoms with Crippen LogP contribution in [0.4, 0.5) is 10.2 Å². The van der Waals surface area contributed by atoms with E-state index in [0.29, 0.717) is 11.4 Å². The number of rotatable bonds is 2. The summed E-state index contributed by atoms with van der Waals surface area (Å²) in [5.41, 5.74) is 1.60. The van der Waals surface area contributed by atoms with Gasteiger partial charge < -0.3 is 5.32 Å². The van der Waals surface area contributed by atoms with Crippen molar-refractivity contribution in [1.82, 2.24) is 4.98 Å². The molecule has 0 unspecified atom stereocenters. The third kappa shape index (κ3) is 2.71. The quantitative estimate of drug-likeness (QED) is 0.882. The van der Waals surface area contributed by atoms with Crippen molar-refractivity contribution in [3.8, 4) is 0 Å². The summed E-state index contributed by atoms with van der Waals surface area (Å²) in [5, 5.41) is 2.63. The van der Waals surface area contributed by atoms with Crippen molar-refractivity contribution in [1.29, 1.82) is 0 Å². The van der Waals surface area contributed by atoms with Crippen LogP contribution in [0.5, 0.6) is 0 Å². The number of anilines is 1. The molecule has 0 aliphatic rings. The number of pyridine rings is 1. The molecule has 0 radical (unpaired) electrons. The van der Waals surface area contributed by atoms with Crippen LogP contribution in [0.1, 0.15) is 21.6 Å². The SMILES string of the molecule is Cc1cccc(NC(=O)c2ccc(C)c(F)c2)n1. The van der Waals surface area contributed by atoms with Crippen LogP contribution in [-0.2, 0) is 0 Å². The Kier molecular flexibility index (Phi) is 3.37. The summed E-state index contributed by atoms with van der Waals surface area (Å²) in [4.78, 5) is 16.0. The summed E-state index contributed by atoms with van der Waals surface area (Å²) in [5.74, 6) is -0.298. The predicted molar refractivity (Wildman–Crippen MR) is 68.1 cm³/mol. The molecular weight excluding hydrogens is 231 g/mol. The fourth-order valence-corrected chi connectivity index (χ4v) is 1.54. The molecular formula is C14H13FN2O. The first kappa shape index (κ1) is 12.2. The summed E-state index contributed by atoms with van der Waals surface area (Å²) in [6.07, 6.45) is 0. The highest BCUT2D eigenvalue weighted by atomic mass is 19.1. The normalized spacial score (nSPS) is 10.2. The van der Waals surface area contributed by atoms with Gasteiger partial charge in [-0.05, 0) is 43.7 Å². The van der Waals surface area contributed by atoms with E-state index in [0.717, 1.165) is 5.69 Å². The molecule has 1 amide bonds. The van der Waals surface area contributed by atoms with E-state index < -0.39 is 0 Å². The lowest BCUT2D eigenvalue weighted by Gasteiger charge is -2.06. The van der Waals surface area contributed by atoms with Crippen LogP contribution in [0, 0.1) is 19.7 Å². The molecule has 0 atom stereocenters. The molecule has 1 aromatic carbocycles. The van der Waals surface area contributed by atoms with Gasteiger partial charge in [-0.3, -0.25) is 4.79 Å². The van der Waals surface area contributed by atoms with Crippen molar-refractivity contribution in [2.24, 2.45) is 0 Å². The number of nitrogens with one attached hydrogen (secondary N) is 1. The summed E-state index contributed by atoms with van der Waals surface area (Å²) in [6.45, 7) is 3.49. The maximum absolute atomic E-state index is 13.3. The van der Waals surface area contributed by atoms with E-state index in [-0.39, 0.29) is 17.3 Å². The Bertz CT molecular complexity index is 596. The molecule has 2 rings (SSSR count). The molecule has 0 saturated heterocycles. The number of aromatic nitrogens is 1. The Morgan fingerprint density at radius 1 is 1.22 bits per heavy atom.